The quantitative estimate of drug-likeness (QED) is 0.627. The molecular formula is C21H27N5O3. The first kappa shape index (κ1) is 19.6. The Morgan fingerprint density at radius 3 is 2.72 bits per heavy atom. The van der Waals surface area contributed by atoms with Crippen molar-refractivity contribution < 1.29 is 14.9 Å². The molecule has 2 N–H and O–H groups in total. The Kier molecular flexibility index (Phi) is 5.38. The van der Waals surface area contributed by atoms with E-state index in [1.807, 2.05) is 24.5 Å². The third-order valence-electron chi connectivity index (χ3n) is 5.50. The Labute approximate surface area is 169 Å². The molecule has 8 nitrogen and oxygen atoms in total. The van der Waals surface area contributed by atoms with E-state index in [1.165, 1.54) is 11.1 Å². The fourth-order valence-corrected chi connectivity index (χ4v) is 3.74. The van der Waals surface area contributed by atoms with Crippen molar-refractivity contribution >= 4 is 17.0 Å². The van der Waals surface area contributed by atoms with Crippen LogP contribution in [0.15, 0.2) is 30.9 Å². The lowest BCUT2D eigenvalue weighted by atomic mass is 9.93. The Bertz CT molecular complexity index is 999. The number of aromatic nitrogens is 4. The van der Waals surface area contributed by atoms with Gasteiger partial charge in [0.15, 0.2) is 17.0 Å². The summed E-state index contributed by atoms with van der Waals surface area (Å²) in [6, 6.07) is 6.27. The average molecular weight is 397 g/mol. The molecule has 154 valence electrons. The van der Waals surface area contributed by atoms with Crippen LogP contribution in [-0.4, -0.2) is 56.1 Å². The molecule has 1 aromatic carbocycles. The molecule has 29 heavy (non-hydrogen) atoms. The molecule has 0 saturated heterocycles. The summed E-state index contributed by atoms with van der Waals surface area (Å²) in [6.07, 6.45) is 4.17. The second kappa shape index (κ2) is 7.96. The molecule has 1 aliphatic rings. The zero-order chi connectivity index (χ0) is 20.4. The lowest BCUT2D eigenvalue weighted by molar-refractivity contribution is 0.0562. The number of anilines is 1. The van der Waals surface area contributed by atoms with E-state index in [4.69, 9.17) is 4.74 Å². The van der Waals surface area contributed by atoms with Crippen molar-refractivity contribution in [2.75, 3.05) is 31.3 Å². The molecule has 0 radical (unpaired) electrons. The lowest BCUT2D eigenvalue weighted by Crippen LogP contribution is -2.32. The van der Waals surface area contributed by atoms with E-state index < -0.39 is 5.41 Å². The van der Waals surface area contributed by atoms with Gasteiger partial charge in [-0.3, -0.25) is 0 Å². The molecule has 0 aliphatic carbocycles. The van der Waals surface area contributed by atoms with Gasteiger partial charge in [-0.15, -0.1) is 0 Å². The van der Waals surface area contributed by atoms with Gasteiger partial charge >= 0.3 is 0 Å². The van der Waals surface area contributed by atoms with Gasteiger partial charge in [0.05, 0.1) is 26.1 Å². The second-order valence-electron chi connectivity index (χ2n) is 7.90. The van der Waals surface area contributed by atoms with Crippen LogP contribution in [0, 0.1) is 5.41 Å². The van der Waals surface area contributed by atoms with Crippen LogP contribution in [0.3, 0.4) is 0 Å². The van der Waals surface area contributed by atoms with Crippen LogP contribution in [0.2, 0.25) is 0 Å². The highest BCUT2D eigenvalue weighted by molar-refractivity contribution is 5.83. The van der Waals surface area contributed by atoms with E-state index in [0.717, 1.165) is 36.6 Å². The number of hydrogen-bond acceptors (Lipinski definition) is 7. The third kappa shape index (κ3) is 3.77. The molecule has 0 fully saturated rings. The summed E-state index contributed by atoms with van der Waals surface area (Å²) in [5, 5.41) is 19.2. The fraction of sp³-hybridized carbons (Fsp3) is 0.476. The summed E-state index contributed by atoms with van der Waals surface area (Å²) in [7, 11) is 0. The predicted octanol–water partition coefficient (Wildman–Crippen LogP) is 1.78. The van der Waals surface area contributed by atoms with Crippen LogP contribution in [0.1, 0.15) is 25.0 Å². The van der Waals surface area contributed by atoms with E-state index in [0.29, 0.717) is 18.8 Å². The fourth-order valence-electron chi connectivity index (χ4n) is 3.74. The average Bonchev–Trinajstić information content (AvgIpc) is 3.16. The first-order valence-corrected chi connectivity index (χ1v) is 9.94. The summed E-state index contributed by atoms with van der Waals surface area (Å²) >= 11 is 0. The molecule has 0 amide bonds. The molecule has 4 rings (SSSR count). The smallest absolute Gasteiger partial charge is 0.165 e. The molecule has 8 heteroatoms. The van der Waals surface area contributed by atoms with Crippen molar-refractivity contribution in [3.05, 3.63) is 42.0 Å². The van der Waals surface area contributed by atoms with Crippen molar-refractivity contribution in [1.82, 2.24) is 19.5 Å². The molecule has 3 heterocycles. The van der Waals surface area contributed by atoms with Crippen molar-refractivity contribution in [3.63, 3.8) is 0 Å². The molecule has 3 aromatic rings. The van der Waals surface area contributed by atoms with E-state index in [-0.39, 0.29) is 13.2 Å². The minimum atomic E-state index is -0.638. The Morgan fingerprint density at radius 1 is 1.14 bits per heavy atom. The highest BCUT2D eigenvalue weighted by atomic mass is 16.5. The van der Waals surface area contributed by atoms with Crippen LogP contribution >= 0.6 is 0 Å². The Hall–Kier alpha value is -2.71. The first-order chi connectivity index (χ1) is 14.1. The van der Waals surface area contributed by atoms with Gasteiger partial charge in [-0.2, -0.15) is 0 Å². The van der Waals surface area contributed by atoms with E-state index in [9.17, 15) is 10.2 Å². The minimum Gasteiger partial charge on any atom is -0.494 e. The van der Waals surface area contributed by atoms with Crippen molar-refractivity contribution in [2.24, 2.45) is 5.41 Å². The predicted molar refractivity (Wildman–Crippen MR) is 110 cm³/mol. The molecular weight excluding hydrogens is 370 g/mol. The zero-order valence-corrected chi connectivity index (χ0v) is 16.9. The second-order valence-corrected chi connectivity index (χ2v) is 7.90. The van der Waals surface area contributed by atoms with Gasteiger partial charge in [0.25, 0.3) is 0 Å². The van der Waals surface area contributed by atoms with E-state index in [1.54, 1.807) is 12.7 Å². The molecule has 0 spiro atoms. The SMILES string of the molecule is CCOc1ccc2c(c1)CCN(c1ncnc3c1ncn3CC(C)(CO)CO)C2. The Balaban J connectivity index is 1.62. The maximum Gasteiger partial charge on any atom is 0.165 e. The molecule has 2 aromatic heterocycles. The van der Waals surface area contributed by atoms with Gasteiger partial charge in [0.1, 0.15) is 12.1 Å². The van der Waals surface area contributed by atoms with Gasteiger partial charge in [-0.1, -0.05) is 13.0 Å². The number of rotatable bonds is 7. The standard InChI is InChI=1S/C21H27N5O3/c1-3-29-17-5-4-16-9-25(7-6-15(16)8-17)19-18-20(23-13-22-19)26(14-24-18)10-21(2,11-27)12-28/h4-5,8,13-14,27-28H,3,6-7,9-12H2,1-2H3. The summed E-state index contributed by atoms with van der Waals surface area (Å²) in [4.78, 5) is 15.7. The van der Waals surface area contributed by atoms with Crippen molar-refractivity contribution in [2.45, 2.75) is 33.4 Å². The van der Waals surface area contributed by atoms with Crippen molar-refractivity contribution in [3.8, 4) is 5.75 Å². The Morgan fingerprint density at radius 2 is 1.97 bits per heavy atom. The number of benzene rings is 1. The summed E-state index contributed by atoms with van der Waals surface area (Å²) in [6.45, 7) is 6.28. The number of ether oxygens (including phenoxy) is 1. The number of aliphatic hydroxyl groups is 2. The molecule has 0 atom stereocenters. The number of nitrogens with zero attached hydrogens (tertiary/aromatic N) is 5. The number of hydrogen-bond donors (Lipinski definition) is 2. The van der Waals surface area contributed by atoms with Crippen LogP contribution in [0.5, 0.6) is 5.75 Å². The molecule has 0 saturated carbocycles. The monoisotopic (exact) mass is 397 g/mol. The number of fused-ring (bicyclic) bond motifs is 2. The summed E-state index contributed by atoms with van der Waals surface area (Å²) in [5.41, 5.74) is 3.38. The molecule has 0 bridgehead atoms. The van der Waals surface area contributed by atoms with Crippen LogP contribution in [0.25, 0.3) is 11.2 Å². The molecule has 1 aliphatic heterocycles. The topological polar surface area (TPSA) is 96.5 Å². The van der Waals surface area contributed by atoms with Crippen LogP contribution in [0.4, 0.5) is 5.82 Å². The van der Waals surface area contributed by atoms with Gasteiger partial charge in [0, 0.05) is 25.0 Å². The van der Waals surface area contributed by atoms with Gasteiger partial charge in [0.2, 0.25) is 0 Å². The number of imidazole rings is 1. The summed E-state index contributed by atoms with van der Waals surface area (Å²) in [5.74, 6) is 1.72. The van der Waals surface area contributed by atoms with Gasteiger partial charge < -0.3 is 24.4 Å². The normalized spacial score (nSPS) is 14.3. The highest BCUT2D eigenvalue weighted by Crippen LogP contribution is 2.30. The minimum absolute atomic E-state index is 0.117. The highest BCUT2D eigenvalue weighted by Gasteiger charge is 2.26. The maximum absolute atomic E-state index is 9.62. The van der Waals surface area contributed by atoms with E-state index in [2.05, 4.69) is 32.0 Å². The number of aliphatic hydroxyl groups excluding tert-OH is 2. The molecule has 0 unspecified atom stereocenters. The maximum atomic E-state index is 9.62. The first-order valence-electron chi connectivity index (χ1n) is 9.94. The van der Waals surface area contributed by atoms with Crippen molar-refractivity contribution in [1.29, 1.82) is 0 Å². The third-order valence-corrected chi connectivity index (χ3v) is 5.50. The lowest BCUT2D eigenvalue weighted by Gasteiger charge is -2.30. The largest absolute Gasteiger partial charge is 0.494 e. The zero-order valence-electron chi connectivity index (χ0n) is 16.9. The van der Waals surface area contributed by atoms with Gasteiger partial charge in [-0.05, 0) is 36.6 Å². The van der Waals surface area contributed by atoms with Crippen LogP contribution < -0.4 is 9.64 Å². The van der Waals surface area contributed by atoms with Gasteiger partial charge in [-0.25, -0.2) is 15.0 Å². The van der Waals surface area contributed by atoms with E-state index >= 15 is 0 Å². The summed E-state index contributed by atoms with van der Waals surface area (Å²) < 4.78 is 7.49. The van der Waals surface area contributed by atoms with Crippen LogP contribution in [-0.2, 0) is 19.5 Å².